The maximum atomic E-state index is 11.4. The van der Waals surface area contributed by atoms with Gasteiger partial charge in [-0.05, 0) is 26.8 Å². The topological polar surface area (TPSA) is 32.3 Å². The van der Waals surface area contributed by atoms with Crippen molar-refractivity contribution in [2.75, 3.05) is 0 Å². The first kappa shape index (κ1) is 8.84. The van der Waals surface area contributed by atoms with Crippen LogP contribution in [0.4, 0.5) is 4.79 Å². The Morgan fingerprint density at radius 3 is 2.50 bits per heavy atom. The second kappa shape index (κ2) is 2.66. The van der Waals surface area contributed by atoms with Crippen molar-refractivity contribution >= 4 is 6.03 Å². The zero-order valence-corrected chi connectivity index (χ0v) is 7.72. The lowest BCUT2D eigenvalue weighted by Crippen LogP contribution is -2.48. The lowest BCUT2D eigenvalue weighted by atomic mass is 10.1. The van der Waals surface area contributed by atoms with E-state index in [9.17, 15) is 4.79 Å². The van der Waals surface area contributed by atoms with Crippen molar-refractivity contribution in [2.24, 2.45) is 0 Å². The zero-order chi connectivity index (χ0) is 9.35. The molecule has 0 atom stereocenters. The van der Waals surface area contributed by atoms with E-state index in [1.165, 1.54) is 0 Å². The van der Waals surface area contributed by atoms with Gasteiger partial charge in [0.25, 0.3) is 0 Å². The molecule has 0 aromatic carbocycles. The molecular formula is C9H14N2O. The van der Waals surface area contributed by atoms with E-state index in [0.717, 1.165) is 0 Å². The van der Waals surface area contributed by atoms with Crippen molar-refractivity contribution in [1.82, 2.24) is 10.2 Å². The summed E-state index contributed by atoms with van der Waals surface area (Å²) < 4.78 is 0. The molecule has 0 spiro atoms. The number of carbonyl (C=O) groups is 1. The summed E-state index contributed by atoms with van der Waals surface area (Å²) in [5.41, 5.74) is 0.460. The van der Waals surface area contributed by atoms with Crippen molar-refractivity contribution < 1.29 is 4.79 Å². The fourth-order valence-electron chi connectivity index (χ4n) is 1.000. The highest BCUT2D eigenvalue weighted by Crippen LogP contribution is 2.17. The van der Waals surface area contributed by atoms with E-state index in [4.69, 9.17) is 0 Å². The molecule has 1 rings (SSSR count). The van der Waals surface area contributed by atoms with Gasteiger partial charge in [0.05, 0.1) is 0 Å². The first-order valence-electron chi connectivity index (χ1n) is 3.89. The summed E-state index contributed by atoms with van der Waals surface area (Å²) >= 11 is 0. The Balaban J connectivity index is 2.87. The zero-order valence-electron chi connectivity index (χ0n) is 7.72. The number of hydrogen-bond acceptors (Lipinski definition) is 1. The molecule has 1 N–H and O–H groups in total. The fraction of sp³-hybridized carbons (Fsp3) is 0.444. The minimum Gasteiger partial charge on any atom is -0.308 e. The van der Waals surface area contributed by atoms with Crippen LogP contribution < -0.4 is 5.32 Å². The van der Waals surface area contributed by atoms with Crippen LogP contribution in [-0.2, 0) is 0 Å². The number of amides is 2. The molecule has 1 aliphatic heterocycles. The third-order valence-corrected chi connectivity index (χ3v) is 1.63. The molecule has 3 nitrogen and oxygen atoms in total. The van der Waals surface area contributed by atoms with Gasteiger partial charge >= 0.3 is 6.03 Å². The van der Waals surface area contributed by atoms with E-state index in [2.05, 4.69) is 11.9 Å². The highest BCUT2D eigenvalue weighted by atomic mass is 16.2. The Labute approximate surface area is 72.7 Å². The van der Waals surface area contributed by atoms with Crippen LogP contribution in [0.1, 0.15) is 20.8 Å². The van der Waals surface area contributed by atoms with Crippen molar-refractivity contribution in [3.63, 3.8) is 0 Å². The number of nitrogens with one attached hydrogen (secondary N) is 1. The average molecular weight is 166 g/mol. The highest BCUT2D eigenvalue weighted by Gasteiger charge is 2.26. The molecule has 0 fully saturated rings. The van der Waals surface area contributed by atoms with Crippen LogP contribution in [0.15, 0.2) is 24.6 Å². The van der Waals surface area contributed by atoms with Crippen LogP contribution in [0.5, 0.6) is 0 Å². The van der Waals surface area contributed by atoms with Gasteiger partial charge in [-0.2, -0.15) is 0 Å². The first-order valence-corrected chi connectivity index (χ1v) is 3.89. The van der Waals surface area contributed by atoms with E-state index in [-0.39, 0.29) is 11.6 Å². The van der Waals surface area contributed by atoms with Gasteiger partial charge in [0.15, 0.2) is 0 Å². The number of allylic oxidation sites excluding steroid dienone is 1. The Hall–Kier alpha value is -1.25. The predicted molar refractivity (Wildman–Crippen MR) is 48.4 cm³/mol. The Morgan fingerprint density at radius 2 is 2.08 bits per heavy atom. The van der Waals surface area contributed by atoms with Gasteiger partial charge in [0.1, 0.15) is 0 Å². The molecule has 0 aromatic rings. The molecule has 0 saturated carbocycles. The summed E-state index contributed by atoms with van der Waals surface area (Å²) in [6.07, 6.45) is 3.54. The molecule has 0 radical (unpaired) electrons. The van der Waals surface area contributed by atoms with Crippen LogP contribution in [-0.4, -0.2) is 16.5 Å². The van der Waals surface area contributed by atoms with Crippen molar-refractivity contribution in [3.8, 4) is 0 Å². The van der Waals surface area contributed by atoms with Crippen molar-refractivity contribution in [2.45, 2.75) is 26.3 Å². The first-order chi connectivity index (χ1) is 5.41. The molecule has 0 bridgehead atoms. The van der Waals surface area contributed by atoms with Gasteiger partial charge < -0.3 is 5.32 Å². The van der Waals surface area contributed by atoms with Crippen LogP contribution >= 0.6 is 0 Å². The van der Waals surface area contributed by atoms with E-state index < -0.39 is 0 Å². The lowest BCUT2D eigenvalue weighted by Gasteiger charge is -2.34. The Morgan fingerprint density at radius 1 is 1.50 bits per heavy atom. The number of carbonyl (C=O) groups excluding carboxylic acids is 1. The number of rotatable bonds is 0. The van der Waals surface area contributed by atoms with Crippen molar-refractivity contribution in [1.29, 1.82) is 0 Å². The molecule has 1 heterocycles. The standard InChI is InChI=1S/C9H14N2O/c1-7-5-6-11(8(12)10-7)9(2,3)4/h5-6H,1H2,2-4H3,(H,10,12). The van der Waals surface area contributed by atoms with Gasteiger partial charge in [-0.15, -0.1) is 0 Å². The smallest absolute Gasteiger partial charge is 0.308 e. The highest BCUT2D eigenvalue weighted by molar-refractivity contribution is 5.79. The number of hydrogen-bond donors (Lipinski definition) is 1. The maximum Gasteiger partial charge on any atom is 0.326 e. The molecule has 0 saturated heterocycles. The summed E-state index contributed by atoms with van der Waals surface area (Å²) in [6, 6.07) is -0.116. The van der Waals surface area contributed by atoms with Gasteiger partial charge in [-0.3, -0.25) is 4.90 Å². The second-order valence-corrected chi connectivity index (χ2v) is 3.81. The Bertz CT molecular complexity index is 248. The van der Waals surface area contributed by atoms with Gasteiger partial charge in [-0.1, -0.05) is 6.58 Å². The number of urea groups is 1. The second-order valence-electron chi connectivity index (χ2n) is 3.81. The van der Waals surface area contributed by atoms with Crippen molar-refractivity contribution in [3.05, 3.63) is 24.6 Å². The largest absolute Gasteiger partial charge is 0.326 e. The molecule has 1 aliphatic rings. The summed E-state index contributed by atoms with van der Waals surface area (Å²) in [4.78, 5) is 13.0. The number of nitrogens with zero attached hydrogens (tertiary/aromatic N) is 1. The van der Waals surface area contributed by atoms with E-state index >= 15 is 0 Å². The van der Waals surface area contributed by atoms with Crippen LogP contribution in [0.3, 0.4) is 0 Å². The fourth-order valence-corrected chi connectivity index (χ4v) is 1.000. The molecule has 0 aliphatic carbocycles. The quantitative estimate of drug-likeness (QED) is 0.585. The van der Waals surface area contributed by atoms with Gasteiger partial charge in [0.2, 0.25) is 0 Å². The van der Waals surface area contributed by atoms with E-state index in [0.29, 0.717) is 5.70 Å². The van der Waals surface area contributed by atoms with E-state index in [1.807, 2.05) is 20.8 Å². The summed E-state index contributed by atoms with van der Waals surface area (Å²) in [7, 11) is 0. The summed E-state index contributed by atoms with van der Waals surface area (Å²) in [5.74, 6) is 0. The molecule has 3 heteroatoms. The summed E-state index contributed by atoms with van der Waals surface area (Å²) in [5, 5.41) is 2.64. The lowest BCUT2D eigenvalue weighted by molar-refractivity contribution is 0.179. The van der Waals surface area contributed by atoms with Crippen LogP contribution in [0.25, 0.3) is 0 Å². The van der Waals surface area contributed by atoms with Crippen LogP contribution in [0, 0.1) is 0 Å². The van der Waals surface area contributed by atoms with E-state index in [1.54, 1.807) is 17.2 Å². The monoisotopic (exact) mass is 166 g/mol. The Kier molecular flexibility index (Phi) is 1.96. The SMILES string of the molecule is C=C1C=CN(C(C)(C)C)C(=O)N1. The molecule has 0 aromatic heterocycles. The summed E-state index contributed by atoms with van der Waals surface area (Å²) in [6.45, 7) is 9.57. The molecule has 2 amide bonds. The molecule has 0 unspecified atom stereocenters. The van der Waals surface area contributed by atoms with Gasteiger partial charge in [0, 0.05) is 17.4 Å². The third kappa shape index (κ3) is 1.67. The van der Waals surface area contributed by atoms with Crippen LogP contribution in [0.2, 0.25) is 0 Å². The third-order valence-electron chi connectivity index (χ3n) is 1.63. The minimum absolute atomic E-state index is 0.116. The molecular weight excluding hydrogens is 152 g/mol. The normalized spacial score (nSPS) is 18.1. The minimum atomic E-state index is -0.179. The predicted octanol–water partition coefficient (Wildman–Crippen LogP) is 1.84. The maximum absolute atomic E-state index is 11.4. The molecule has 12 heavy (non-hydrogen) atoms. The van der Waals surface area contributed by atoms with Gasteiger partial charge in [-0.25, -0.2) is 4.79 Å². The molecule has 66 valence electrons. The average Bonchev–Trinajstić information content (AvgIpc) is 1.83.